The highest BCUT2D eigenvalue weighted by molar-refractivity contribution is 8.18. The molecule has 168 valence electrons. The molecule has 1 aliphatic heterocycles. The maximum Gasteiger partial charge on any atom is 0.293 e. The van der Waals surface area contributed by atoms with Crippen LogP contribution in [0, 0.1) is 5.82 Å². The molecule has 8 heteroatoms. The summed E-state index contributed by atoms with van der Waals surface area (Å²) in [6, 6.07) is 18.3. The Balaban J connectivity index is 1.52. The fourth-order valence-corrected chi connectivity index (χ4v) is 4.26. The first-order chi connectivity index (χ1) is 15.9. The zero-order valence-corrected chi connectivity index (χ0v) is 19.2. The van der Waals surface area contributed by atoms with Gasteiger partial charge in [0.25, 0.3) is 11.1 Å². The van der Waals surface area contributed by atoms with Gasteiger partial charge in [-0.05, 0) is 59.3 Å². The minimum absolute atomic E-state index is 0.0805. The molecule has 0 atom stereocenters. The van der Waals surface area contributed by atoms with E-state index in [-0.39, 0.29) is 24.2 Å². The minimum Gasteiger partial charge on any atom is -0.493 e. The van der Waals surface area contributed by atoms with E-state index < -0.39 is 5.91 Å². The predicted molar refractivity (Wildman–Crippen MR) is 127 cm³/mol. The van der Waals surface area contributed by atoms with Crippen molar-refractivity contribution < 1.29 is 23.5 Å². The number of rotatable bonds is 7. The molecule has 3 aromatic rings. The van der Waals surface area contributed by atoms with Crippen LogP contribution in [0.3, 0.4) is 0 Å². The lowest BCUT2D eigenvalue weighted by atomic mass is 10.1. The SMILES string of the molecule is COc1ccc(/C=C2\SC(=O)N(Cc3ccc(F)cc3)C2=O)cc1OCc1ccccc1Cl. The number of amides is 2. The highest BCUT2D eigenvalue weighted by Gasteiger charge is 2.35. The molecule has 33 heavy (non-hydrogen) atoms. The Kier molecular flexibility index (Phi) is 7.01. The van der Waals surface area contributed by atoms with E-state index in [0.717, 1.165) is 22.2 Å². The van der Waals surface area contributed by atoms with Gasteiger partial charge in [-0.2, -0.15) is 0 Å². The van der Waals surface area contributed by atoms with Crippen LogP contribution in [0.5, 0.6) is 11.5 Å². The van der Waals surface area contributed by atoms with E-state index in [1.165, 1.54) is 19.2 Å². The lowest BCUT2D eigenvalue weighted by molar-refractivity contribution is -0.123. The first-order valence-corrected chi connectivity index (χ1v) is 11.2. The van der Waals surface area contributed by atoms with Crippen LogP contribution in [0.15, 0.2) is 71.6 Å². The smallest absolute Gasteiger partial charge is 0.293 e. The number of methoxy groups -OCH3 is 1. The summed E-state index contributed by atoms with van der Waals surface area (Å²) >= 11 is 7.06. The predicted octanol–water partition coefficient (Wildman–Crippen LogP) is 6.30. The van der Waals surface area contributed by atoms with Gasteiger partial charge in [-0.1, -0.05) is 48.0 Å². The van der Waals surface area contributed by atoms with E-state index in [1.807, 2.05) is 18.2 Å². The van der Waals surface area contributed by atoms with Gasteiger partial charge in [-0.3, -0.25) is 14.5 Å². The largest absolute Gasteiger partial charge is 0.493 e. The normalized spacial score (nSPS) is 14.8. The van der Waals surface area contributed by atoms with E-state index in [4.69, 9.17) is 21.1 Å². The summed E-state index contributed by atoms with van der Waals surface area (Å²) in [5, 5.41) is 0.224. The Morgan fingerprint density at radius 1 is 1.03 bits per heavy atom. The molecule has 3 aromatic carbocycles. The third-order valence-corrected chi connectivity index (χ3v) is 6.23. The molecule has 0 spiro atoms. The Hall–Kier alpha value is -3.29. The van der Waals surface area contributed by atoms with Crippen LogP contribution in [0.2, 0.25) is 5.02 Å². The second-order valence-electron chi connectivity index (χ2n) is 7.18. The van der Waals surface area contributed by atoms with Gasteiger partial charge in [0, 0.05) is 10.6 Å². The Labute approximate surface area is 199 Å². The van der Waals surface area contributed by atoms with E-state index in [9.17, 15) is 14.0 Å². The number of thioether (sulfide) groups is 1. The number of ether oxygens (including phenoxy) is 2. The second kappa shape index (κ2) is 10.1. The number of imide groups is 1. The average Bonchev–Trinajstić information content (AvgIpc) is 3.07. The summed E-state index contributed by atoms with van der Waals surface area (Å²) in [7, 11) is 1.54. The van der Waals surface area contributed by atoms with Gasteiger partial charge in [0.1, 0.15) is 12.4 Å². The van der Waals surface area contributed by atoms with Crippen LogP contribution in [0.1, 0.15) is 16.7 Å². The number of benzene rings is 3. The van der Waals surface area contributed by atoms with Crippen molar-refractivity contribution in [2.75, 3.05) is 7.11 Å². The number of halogens is 2. The van der Waals surface area contributed by atoms with Crippen LogP contribution >= 0.6 is 23.4 Å². The standard InChI is InChI=1S/C25H19ClFNO4S/c1-31-21-11-8-17(12-22(21)32-15-18-4-2-3-5-20(18)26)13-23-24(29)28(25(30)33-23)14-16-6-9-19(27)10-7-16/h2-13H,14-15H2,1H3/b23-13-. The molecule has 1 heterocycles. The molecule has 0 bridgehead atoms. The van der Waals surface area contributed by atoms with Crippen molar-refractivity contribution in [3.63, 3.8) is 0 Å². The van der Waals surface area contributed by atoms with Gasteiger partial charge in [0.15, 0.2) is 11.5 Å². The van der Waals surface area contributed by atoms with Crippen molar-refractivity contribution in [2.45, 2.75) is 13.2 Å². The topological polar surface area (TPSA) is 55.8 Å². The third kappa shape index (κ3) is 5.38. The Morgan fingerprint density at radius 3 is 2.52 bits per heavy atom. The fraction of sp³-hybridized carbons (Fsp3) is 0.120. The van der Waals surface area contributed by atoms with E-state index >= 15 is 0 Å². The summed E-state index contributed by atoms with van der Waals surface area (Å²) < 4.78 is 24.4. The van der Waals surface area contributed by atoms with E-state index in [2.05, 4.69) is 0 Å². The van der Waals surface area contributed by atoms with Gasteiger partial charge < -0.3 is 9.47 Å². The first kappa shape index (κ1) is 22.9. The number of nitrogens with zero attached hydrogens (tertiary/aromatic N) is 1. The number of carbonyl (C=O) groups is 2. The van der Waals surface area contributed by atoms with Crippen molar-refractivity contribution in [2.24, 2.45) is 0 Å². The third-order valence-electron chi connectivity index (χ3n) is 4.95. The van der Waals surface area contributed by atoms with Crippen LogP contribution in [0.4, 0.5) is 9.18 Å². The summed E-state index contributed by atoms with van der Waals surface area (Å²) in [5.41, 5.74) is 2.17. The highest BCUT2D eigenvalue weighted by Crippen LogP contribution is 2.35. The van der Waals surface area contributed by atoms with Crippen LogP contribution in [-0.2, 0) is 17.9 Å². The lowest BCUT2D eigenvalue weighted by Crippen LogP contribution is -2.27. The molecule has 1 saturated heterocycles. The van der Waals surface area contributed by atoms with Gasteiger partial charge in [0.2, 0.25) is 0 Å². The molecule has 2 amide bonds. The number of hydrogen-bond donors (Lipinski definition) is 0. The summed E-state index contributed by atoms with van der Waals surface area (Å²) in [5.74, 6) is 0.240. The molecule has 1 fully saturated rings. The average molecular weight is 484 g/mol. The molecule has 0 radical (unpaired) electrons. The molecule has 0 N–H and O–H groups in total. The minimum atomic E-state index is -0.399. The van der Waals surface area contributed by atoms with E-state index in [1.54, 1.807) is 42.5 Å². The van der Waals surface area contributed by atoms with Gasteiger partial charge >= 0.3 is 0 Å². The summed E-state index contributed by atoms with van der Waals surface area (Å²) in [6.07, 6.45) is 1.64. The highest BCUT2D eigenvalue weighted by atomic mass is 35.5. The molecule has 4 rings (SSSR count). The quantitative estimate of drug-likeness (QED) is 0.369. The van der Waals surface area contributed by atoms with Crippen LogP contribution < -0.4 is 9.47 Å². The van der Waals surface area contributed by atoms with Crippen LogP contribution in [-0.4, -0.2) is 23.2 Å². The van der Waals surface area contributed by atoms with Crippen molar-refractivity contribution in [1.82, 2.24) is 4.90 Å². The molecule has 5 nitrogen and oxygen atoms in total. The zero-order valence-electron chi connectivity index (χ0n) is 17.6. The van der Waals surface area contributed by atoms with E-state index in [0.29, 0.717) is 32.6 Å². The van der Waals surface area contributed by atoms with Crippen LogP contribution in [0.25, 0.3) is 6.08 Å². The lowest BCUT2D eigenvalue weighted by Gasteiger charge is -2.13. The molecule has 0 unspecified atom stereocenters. The first-order valence-electron chi connectivity index (χ1n) is 9.98. The summed E-state index contributed by atoms with van der Waals surface area (Å²) in [4.78, 5) is 26.7. The van der Waals surface area contributed by atoms with Crippen molar-refractivity contribution in [3.05, 3.63) is 99.2 Å². The Bertz CT molecular complexity index is 1230. The zero-order chi connectivity index (χ0) is 23.4. The van der Waals surface area contributed by atoms with Gasteiger partial charge in [-0.25, -0.2) is 4.39 Å². The van der Waals surface area contributed by atoms with Gasteiger partial charge in [-0.15, -0.1) is 0 Å². The fourth-order valence-electron chi connectivity index (χ4n) is 3.23. The second-order valence-corrected chi connectivity index (χ2v) is 8.59. The molecule has 0 saturated carbocycles. The Morgan fingerprint density at radius 2 is 1.79 bits per heavy atom. The number of carbonyl (C=O) groups excluding carboxylic acids is 2. The van der Waals surface area contributed by atoms with Crippen molar-refractivity contribution in [1.29, 1.82) is 0 Å². The molecular formula is C25H19ClFNO4S. The number of hydrogen-bond acceptors (Lipinski definition) is 5. The van der Waals surface area contributed by atoms with Crippen molar-refractivity contribution in [3.8, 4) is 11.5 Å². The molecule has 0 aromatic heterocycles. The molecular weight excluding hydrogens is 465 g/mol. The summed E-state index contributed by atoms with van der Waals surface area (Å²) in [6.45, 7) is 0.324. The monoisotopic (exact) mass is 483 g/mol. The maximum absolute atomic E-state index is 13.1. The maximum atomic E-state index is 13.1. The molecule has 0 aliphatic carbocycles. The van der Waals surface area contributed by atoms with Gasteiger partial charge in [0.05, 0.1) is 18.6 Å². The molecule has 1 aliphatic rings. The van der Waals surface area contributed by atoms with Crippen molar-refractivity contribution >= 4 is 40.6 Å².